The van der Waals surface area contributed by atoms with E-state index in [0.717, 1.165) is 24.8 Å². The first-order chi connectivity index (χ1) is 7.15. The van der Waals surface area contributed by atoms with Gasteiger partial charge in [0.25, 0.3) is 0 Å². The molecule has 1 aromatic rings. The first-order valence-electron chi connectivity index (χ1n) is 5.92. The van der Waals surface area contributed by atoms with Gasteiger partial charge >= 0.3 is 0 Å². The van der Waals surface area contributed by atoms with Crippen LogP contribution in [-0.2, 0) is 6.42 Å². The molecule has 1 saturated carbocycles. The summed E-state index contributed by atoms with van der Waals surface area (Å²) in [6.07, 6.45) is 4.36. The van der Waals surface area contributed by atoms with Gasteiger partial charge in [0.2, 0.25) is 0 Å². The summed E-state index contributed by atoms with van der Waals surface area (Å²) in [5.74, 6) is 0. The van der Waals surface area contributed by atoms with Crippen LogP contribution in [0, 0.1) is 5.41 Å². The molecule has 0 amide bonds. The summed E-state index contributed by atoms with van der Waals surface area (Å²) < 4.78 is 0. The van der Waals surface area contributed by atoms with E-state index in [-0.39, 0.29) is 11.5 Å². The molecule has 1 aliphatic carbocycles. The van der Waals surface area contributed by atoms with Crippen molar-refractivity contribution in [2.75, 3.05) is 0 Å². The molecule has 0 bridgehead atoms. The molecular formula is C14H20O. The second kappa shape index (κ2) is 3.97. The van der Waals surface area contributed by atoms with Crippen molar-refractivity contribution in [2.24, 2.45) is 5.41 Å². The molecule has 0 radical (unpaired) electrons. The highest BCUT2D eigenvalue weighted by Crippen LogP contribution is 2.54. The lowest BCUT2D eigenvalue weighted by molar-refractivity contribution is 0.104. The summed E-state index contributed by atoms with van der Waals surface area (Å²) >= 11 is 0. The Morgan fingerprint density at radius 3 is 2.33 bits per heavy atom. The van der Waals surface area contributed by atoms with E-state index < -0.39 is 0 Å². The molecule has 2 rings (SSSR count). The van der Waals surface area contributed by atoms with Crippen molar-refractivity contribution in [1.29, 1.82) is 0 Å². The quantitative estimate of drug-likeness (QED) is 0.796. The van der Waals surface area contributed by atoms with Crippen molar-refractivity contribution in [2.45, 2.75) is 45.6 Å². The third-order valence-corrected chi connectivity index (χ3v) is 3.53. The van der Waals surface area contributed by atoms with Crippen LogP contribution in [0.4, 0.5) is 0 Å². The zero-order valence-electron chi connectivity index (χ0n) is 9.66. The average Bonchev–Trinajstić information content (AvgIpc) is 2.99. The standard InChI is InChI=1S/C14H20O/c1-3-4-11-5-7-12(8-6-11)13(15)14(2)9-10-14/h5-8,13,15H,3-4,9-10H2,1-2H3. The fourth-order valence-corrected chi connectivity index (χ4v) is 2.03. The zero-order chi connectivity index (χ0) is 10.9. The number of aryl methyl sites for hydroxylation is 1. The topological polar surface area (TPSA) is 20.2 Å². The van der Waals surface area contributed by atoms with Gasteiger partial charge in [-0.05, 0) is 35.8 Å². The molecule has 1 fully saturated rings. The summed E-state index contributed by atoms with van der Waals surface area (Å²) in [7, 11) is 0. The van der Waals surface area contributed by atoms with Gasteiger partial charge in [-0.15, -0.1) is 0 Å². The number of hydrogen-bond donors (Lipinski definition) is 1. The maximum atomic E-state index is 10.1. The van der Waals surface area contributed by atoms with Crippen LogP contribution in [0.3, 0.4) is 0 Å². The van der Waals surface area contributed by atoms with Crippen molar-refractivity contribution in [3.63, 3.8) is 0 Å². The monoisotopic (exact) mass is 204 g/mol. The molecule has 0 heterocycles. The molecule has 1 unspecified atom stereocenters. The molecule has 0 aliphatic heterocycles. The maximum absolute atomic E-state index is 10.1. The minimum absolute atomic E-state index is 0.159. The number of hydrogen-bond acceptors (Lipinski definition) is 1. The predicted molar refractivity (Wildman–Crippen MR) is 62.7 cm³/mol. The van der Waals surface area contributed by atoms with Gasteiger partial charge in [0.15, 0.2) is 0 Å². The molecular weight excluding hydrogens is 184 g/mol. The van der Waals surface area contributed by atoms with E-state index >= 15 is 0 Å². The van der Waals surface area contributed by atoms with E-state index in [1.165, 1.54) is 12.0 Å². The van der Waals surface area contributed by atoms with E-state index in [1.54, 1.807) is 0 Å². The van der Waals surface area contributed by atoms with Crippen LogP contribution in [-0.4, -0.2) is 5.11 Å². The van der Waals surface area contributed by atoms with Gasteiger partial charge in [0, 0.05) is 0 Å². The maximum Gasteiger partial charge on any atom is 0.0843 e. The minimum atomic E-state index is -0.270. The lowest BCUT2D eigenvalue weighted by atomic mass is 9.94. The Balaban J connectivity index is 2.09. The van der Waals surface area contributed by atoms with E-state index in [0.29, 0.717) is 0 Å². The summed E-state index contributed by atoms with van der Waals surface area (Å²) in [6, 6.07) is 8.46. The predicted octanol–water partition coefficient (Wildman–Crippen LogP) is 3.47. The first kappa shape index (κ1) is 10.7. The normalized spacial score (nSPS) is 19.9. The largest absolute Gasteiger partial charge is 0.388 e. The Bertz CT molecular complexity index is 322. The SMILES string of the molecule is CCCc1ccc(C(O)C2(C)CC2)cc1. The second-order valence-corrected chi connectivity index (χ2v) is 5.05. The van der Waals surface area contributed by atoms with Gasteiger partial charge in [-0.25, -0.2) is 0 Å². The number of rotatable bonds is 4. The smallest absolute Gasteiger partial charge is 0.0843 e. The molecule has 1 N–H and O–H groups in total. The molecule has 0 spiro atoms. The van der Waals surface area contributed by atoms with E-state index in [2.05, 4.69) is 38.1 Å². The highest BCUT2D eigenvalue weighted by molar-refractivity contribution is 5.26. The van der Waals surface area contributed by atoms with Crippen LogP contribution in [0.5, 0.6) is 0 Å². The summed E-state index contributed by atoms with van der Waals surface area (Å²) in [4.78, 5) is 0. The second-order valence-electron chi connectivity index (χ2n) is 5.05. The minimum Gasteiger partial charge on any atom is -0.388 e. The molecule has 1 nitrogen and oxygen atoms in total. The summed E-state index contributed by atoms with van der Waals surface area (Å²) in [5.41, 5.74) is 2.61. The molecule has 82 valence electrons. The lowest BCUT2D eigenvalue weighted by Gasteiger charge is -2.18. The molecule has 1 heteroatoms. The van der Waals surface area contributed by atoms with E-state index in [9.17, 15) is 5.11 Å². The Hall–Kier alpha value is -0.820. The third kappa shape index (κ3) is 2.23. The van der Waals surface area contributed by atoms with Gasteiger partial charge in [-0.1, -0.05) is 44.5 Å². The Kier molecular flexibility index (Phi) is 2.83. The molecule has 0 aromatic heterocycles. The van der Waals surface area contributed by atoms with Crippen molar-refractivity contribution >= 4 is 0 Å². The Morgan fingerprint density at radius 1 is 1.27 bits per heavy atom. The number of aliphatic hydroxyl groups excluding tert-OH is 1. The molecule has 1 atom stereocenters. The van der Waals surface area contributed by atoms with E-state index in [1.807, 2.05) is 0 Å². The lowest BCUT2D eigenvalue weighted by Crippen LogP contribution is -2.09. The van der Waals surface area contributed by atoms with Crippen molar-refractivity contribution in [3.8, 4) is 0 Å². The van der Waals surface area contributed by atoms with Crippen LogP contribution >= 0.6 is 0 Å². The van der Waals surface area contributed by atoms with Crippen LogP contribution in [0.1, 0.15) is 50.3 Å². The van der Waals surface area contributed by atoms with Gasteiger partial charge in [0.05, 0.1) is 6.10 Å². The molecule has 1 aliphatic rings. The summed E-state index contributed by atoms with van der Waals surface area (Å²) in [5, 5.41) is 10.1. The van der Waals surface area contributed by atoms with Crippen molar-refractivity contribution < 1.29 is 5.11 Å². The molecule has 0 saturated heterocycles. The van der Waals surface area contributed by atoms with Crippen LogP contribution in [0.2, 0.25) is 0 Å². The number of benzene rings is 1. The van der Waals surface area contributed by atoms with E-state index in [4.69, 9.17) is 0 Å². The Morgan fingerprint density at radius 2 is 1.87 bits per heavy atom. The first-order valence-corrected chi connectivity index (χ1v) is 5.92. The fraction of sp³-hybridized carbons (Fsp3) is 0.571. The van der Waals surface area contributed by atoms with Gasteiger partial charge in [-0.3, -0.25) is 0 Å². The van der Waals surface area contributed by atoms with Crippen LogP contribution in [0.25, 0.3) is 0 Å². The molecule has 15 heavy (non-hydrogen) atoms. The van der Waals surface area contributed by atoms with Gasteiger partial charge in [0.1, 0.15) is 0 Å². The highest BCUT2D eigenvalue weighted by Gasteiger charge is 2.44. The van der Waals surface area contributed by atoms with Gasteiger partial charge < -0.3 is 5.11 Å². The fourth-order valence-electron chi connectivity index (χ4n) is 2.03. The van der Waals surface area contributed by atoms with Crippen molar-refractivity contribution in [3.05, 3.63) is 35.4 Å². The molecule has 1 aromatic carbocycles. The summed E-state index contributed by atoms with van der Waals surface area (Å²) in [6.45, 7) is 4.35. The van der Waals surface area contributed by atoms with Crippen LogP contribution < -0.4 is 0 Å². The highest BCUT2D eigenvalue weighted by atomic mass is 16.3. The van der Waals surface area contributed by atoms with Crippen molar-refractivity contribution in [1.82, 2.24) is 0 Å². The zero-order valence-corrected chi connectivity index (χ0v) is 9.66. The van der Waals surface area contributed by atoms with Crippen LogP contribution in [0.15, 0.2) is 24.3 Å². The number of aliphatic hydroxyl groups is 1. The third-order valence-electron chi connectivity index (χ3n) is 3.53. The Labute approximate surface area is 92.1 Å². The van der Waals surface area contributed by atoms with Gasteiger partial charge in [-0.2, -0.15) is 0 Å². The average molecular weight is 204 g/mol.